The van der Waals surface area contributed by atoms with Crippen LogP contribution in [0.25, 0.3) is 22.3 Å². The molecule has 6 heteroatoms. The zero-order valence-corrected chi connectivity index (χ0v) is 15.7. The lowest BCUT2D eigenvalue weighted by molar-refractivity contribution is -0.119. The summed E-state index contributed by atoms with van der Waals surface area (Å²) in [5.74, 6) is 1.40. The number of ketones is 1. The summed E-state index contributed by atoms with van der Waals surface area (Å²) in [6, 6.07) is 5.89. The van der Waals surface area contributed by atoms with Crippen molar-refractivity contribution in [3.8, 4) is 22.9 Å². The van der Waals surface area contributed by atoms with E-state index in [1.54, 1.807) is 4.57 Å². The number of Topliss-reactive ketones (excluding diaryl/α,β-unsaturated/α-hetero) is 1. The molecule has 3 aliphatic rings. The number of nitrogens with zero attached hydrogens (tertiary/aromatic N) is 2. The van der Waals surface area contributed by atoms with Crippen molar-refractivity contribution < 1.29 is 14.3 Å². The number of hydrogen-bond acceptors (Lipinski definition) is 5. The topological polar surface area (TPSA) is 70.4 Å². The normalized spacial score (nSPS) is 18.5. The molecule has 1 atom stereocenters. The van der Waals surface area contributed by atoms with Crippen LogP contribution in [-0.4, -0.2) is 22.1 Å². The van der Waals surface area contributed by atoms with Crippen molar-refractivity contribution in [3.05, 3.63) is 50.8 Å². The average molecular weight is 374 g/mol. The minimum atomic E-state index is -0.173. The van der Waals surface area contributed by atoms with Gasteiger partial charge in [0.25, 0.3) is 5.56 Å². The Labute approximate surface area is 160 Å². The summed E-state index contributed by atoms with van der Waals surface area (Å²) < 4.78 is 12.8. The van der Waals surface area contributed by atoms with Gasteiger partial charge in [-0.15, -0.1) is 0 Å². The summed E-state index contributed by atoms with van der Waals surface area (Å²) in [7, 11) is 0. The SMILES string of the molecule is CCC1C(=O)Cc2c1cc1n(c2=O)Cc2c-1nc1cc3c(cc1c2C)OCO3. The van der Waals surface area contributed by atoms with E-state index in [1.807, 2.05) is 25.1 Å². The number of hydrogen-bond donors (Lipinski definition) is 0. The first-order valence-corrected chi connectivity index (χ1v) is 9.59. The number of aromatic nitrogens is 2. The Bertz CT molecular complexity index is 1290. The molecule has 0 radical (unpaired) electrons. The van der Waals surface area contributed by atoms with Gasteiger partial charge in [0.05, 0.1) is 23.4 Å². The second-order valence-electron chi connectivity index (χ2n) is 7.75. The molecule has 3 aromatic rings. The molecule has 6 nitrogen and oxygen atoms in total. The smallest absolute Gasteiger partial charge is 0.255 e. The van der Waals surface area contributed by atoms with Crippen LogP contribution in [-0.2, 0) is 17.8 Å². The molecule has 4 heterocycles. The number of pyridine rings is 2. The molecule has 0 saturated carbocycles. The molecule has 6 rings (SSSR count). The van der Waals surface area contributed by atoms with E-state index in [4.69, 9.17) is 14.5 Å². The third-order valence-electron chi connectivity index (χ3n) is 6.38. The van der Waals surface area contributed by atoms with Crippen LogP contribution in [0.3, 0.4) is 0 Å². The summed E-state index contributed by atoms with van der Waals surface area (Å²) >= 11 is 0. The third kappa shape index (κ3) is 1.85. The van der Waals surface area contributed by atoms with E-state index in [1.165, 1.54) is 0 Å². The monoisotopic (exact) mass is 374 g/mol. The van der Waals surface area contributed by atoms with Gasteiger partial charge >= 0.3 is 0 Å². The molecule has 140 valence electrons. The van der Waals surface area contributed by atoms with Crippen LogP contribution < -0.4 is 15.0 Å². The Morgan fingerprint density at radius 3 is 2.71 bits per heavy atom. The maximum Gasteiger partial charge on any atom is 0.255 e. The Kier molecular flexibility index (Phi) is 2.96. The van der Waals surface area contributed by atoms with E-state index in [0.29, 0.717) is 17.9 Å². The van der Waals surface area contributed by atoms with Crippen molar-refractivity contribution in [1.82, 2.24) is 9.55 Å². The highest BCUT2D eigenvalue weighted by Gasteiger charge is 2.35. The van der Waals surface area contributed by atoms with E-state index < -0.39 is 0 Å². The van der Waals surface area contributed by atoms with Gasteiger partial charge in [-0.05, 0) is 36.6 Å². The standard InChI is InChI=1S/C22H18N2O4/c1-3-11-13-4-17-21-15(8-24(17)22(26)14(13)5-18(11)25)10(2)12-6-19-20(28-9-27-19)7-16(12)23-21/h4,6-7,11H,3,5,8-9H2,1-2H3. The van der Waals surface area contributed by atoms with E-state index in [2.05, 4.69) is 6.92 Å². The van der Waals surface area contributed by atoms with Gasteiger partial charge in [-0.1, -0.05) is 6.92 Å². The first kappa shape index (κ1) is 15.9. The van der Waals surface area contributed by atoms with Gasteiger partial charge in [-0.2, -0.15) is 0 Å². The highest BCUT2D eigenvalue weighted by atomic mass is 16.7. The maximum atomic E-state index is 13.1. The van der Waals surface area contributed by atoms with E-state index in [9.17, 15) is 9.59 Å². The fourth-order valence-corrected chi connectivity index (χ4v) is 4.88. The number of ether oxygens (including phenoxy) is 2. The highest BCUT2D eigenvalue weighted by molar-refractivity contribution is 5.94. The van der Waals surface area contributed by atoms with Crippen molar-refractivity contribution in [2.75, 3.05) is 6.79 Å². The second kappa shape index (κ2) is 5.22. The maximum absolute atomic E-state index is 13.1. The summed E-state index contributed by atoms with van der Waals surface area (Å²) in [5.41, 5.74) is 6.14. The number of fused-ring (bicyclic) bond motifs is 6. The Morgan fingerprint density at radius 1 is 1.14 bits per heavy atom. The Hall–Kier alpha value is -3.15. The zero-order chi connectivity index (χ0) is 19.2. The third-order valence-corrected chi connectivity index (χ3v) is 6.38. The van der Waals surface area contributed by atoms with Crippen molar-refractivity contribution in [2.24, 2.45) is 0 Å². The molecular formula is C22H18N2O4. The molecule has 28 heavy (non-hydrogen) atoms. The van der Waals surface area contributed by atoms with Crippen LogP contribution in [0.1, 0.15) is 41.5 Å². The first-order valence-electron chi connectivity index (χ1n) is 9.59. The lowest BCUT2D eigenvalue weighted by atomic mass is 9.97. The fourth-order valence-electron chi connectivity index (χ4n) is 4.88. The highest BCUT2D eigenvalue weighted by Crippen LogP contribution is 2.42. The molecule has 0 spiro atoms. The molecule has 0 saturated heterocycles. The molecule has 2 aliphatic heterocycles. The van der Waals surface area contributed by atoms with E-state index in [-0.39, 0.29) is 30.5 Å². The number of rotatable bonds is 1. The molecule has 1 aliphatic carbocycles. The van der Waals surface area contributed by atoms with E-state index in [0.717, 1.165) is 51.2 Å². The molecule has 1 aromatic carbocycles. The lowest BCUT2D eigenvalue weighted by Crippen LogP contribution is -2.23. The number of benzene rings is 1. The summed E-state index contributed by atoms with van der Waals surface area (Å²) in [4.78, 5) is 30.4. The van der Waals surface area contributed by atoms with Gasteiger partial charge in [0.1, 0.15) is 5.78 Å². The van der Waals surface area contributed by atoms with Gasteiger partial charge < -0.3 is 14.0 Å². The second-order valence-corrected chi connectivity index (χ2v) is 7.75. The molecule has 0 bridgehead atoms. The predicted molar refractivity (Wildman–Crippen MR) is 103 cm³/mol. The van der Waals surface area contributed by atoms with Crippen molar-refractivity contribution in [2.45, 2.75) is 39.2 Å². The molecule has 0 fully saturated rings. The van der Waals surface area contributed by atoms with Crippen molar-refractivity contribution in [3.63, 3.8) is 0 Å². The number of carbonyl (C=O) groups excluding carboxylic acids is 1. The first-order chi connectivity index (χ1) is 13.6. The van der Waals surface area contributed by atoms with E-state index >= 15 is 0 Å². The molecule has 1 unspecified atom stereocenters. The van der Waals surface area contributed by atoms with Gasteiger partial charge in [-0.3, -0.25) is 9.59 Å². The van der Waals surface area contributed by atoms with Crippen LogP contribution >= 0.6 is 0 Å². The van der Waals surface area contributed by atoms with Crippen LogP contribution in [0.15, 0.2) is 23.0 Å². The summed E-state index contributed by atoms with van der Waals surface area (Å²) in [6.45, 7) is 4.77. The molecular weight excluding hydrogens is 356 g/mol. The zero-order valence-electron chi connectivity index (χ0n) is 15.7. The van der Waals surface area contributed by atoms with Gasteiger partial charge in [0.2, 0.25) is 6.79 Å². The Balaban J connectivity index is 1.63. The average Bonchev–Trinajstić information content (AvgIpc) is 3.36. The van der Waals surface area contributed by atoms with Crippen molar-refractivity contribution >= 4 is 16.7 Å². The van der Waals surface area contributed by atoms with Gasteiger partial charge in [-0.25, -0.2) is 4.98 Å². The minimum absolute atomic E-state index is 0.0487. The quantitative estimate of drug-likeness (QED) is 0.512. The lowest BCUT2D eigenvalue weighted by Gasteiger charge is -2.11. The number of carbonyl (C=O) groups is 1. The molecule has 0 N–H and O–H groups in total. The summed E-state index contributed by atoms with van der Waals surface area (Å²) in [6.07, 6.45) is 0.967. The van der Waals surface area contributed by atoms with Gasteiger partial charge in [0.15, 0.2) is 11.5 Å². The van der Waals surface area contributed by atoms with Crippen LogP contribution in [0.5, 0.6) is 11.5 Å². The van der Waals surface area contributed by atoms with Crippen LogP contribution in [0.2, 0.25) is 0 Å². The summed E-state index contributed by atoms with van der Waals surface area (Å²) in [5, 5.41) is 1.01. The van der Waals surface area contributed by atoms with Crippen LogP contribution in [0.4, 0.5) is 0 Å². The van der Waals surface area contributed by atoms with Gasteiger partial charge in [0, 0.05) is 34.9 Å². The fraction of sp³-hybridized carbons (Fsp3) is 0.318. The van der Waals surface area contributed by atoms with Crippen LogP contribution in [0, 0.1) is 6.92 Å². The predicted octanol–water partition coefficient (Wildman–Crippen LogP) is 3.08. The molecule has 0 amide bonds. The minimum Gasteiger partial charge on any atom is -0.454 e. The molecule has 2 aromatic heterocycles. The largest absolute Gasteiger partial charge is 0.454 e. The van der Waals surface area contributed by atoms with Crippen molar-refractivity contribution in [1.29, 1.82) is 0 Å². The Morgan fingerprint density at radius 2 is 1.93 bits per heavy atom. The number of aryl methyl sites for hydroxylation is 1.